The summed E-state index contributed by atoms with van der Waals surface area (Å²) >= 11 is 1.80. The minimum Gasteiger partial charge on any atom is -0.355 e. The van der Waals surface area contributed by atoms with Crippen molar-refractivity contribution in [2.45, 2.75) is 19.9 Å². The Morgan fingerprint density at radius 3 is 2.72 bits per heavy atom. The monoisotopic (exact) mass is 389 g/mol. The van der Waals surface area contributed by atoms with Crippen LogP contribution < -0.4 is 10.6 Å². The van der Waals surface area contributed by atoms with Crippen LogP contribution in [0.4, 0.5) is 0 Å². The van der Waals surface area contributed by atoms with Crippen molar-refractivity contribution in [3.05, 3.63) is 12.2 Å². The van der Waals surface area contributed by atoms with Crippen LogP contribution in [0.3, 0.4) is 0 Å². The number of rotatable bonds is 8. The molecule has 1 fully saturated rings. The second kappa shape index (κ2) is 9.97. The number of guanidine groups is 1. The minimum absolute atomic E-state index is 0.0732. The van der Waals surface area contributed by atoms with E-state index >= 15 is 0 Å². The predicted molar refractivity (Wildman–Crippen MR) is 101 cm³/mol. The van der Waals surface area contributed by atoms with Gasteiger partial charge in [-0.25, -0.2) is 12.7 Å². The van der Waals surface area contributed by atoms with Crippen molar-refractivity contribution in [3.8, 4) is 0 Å². The second-order valence-corrected chi connectivity index (χ2v) is 8.86. The molecule has 0 radical (unpaired) electrons. The molecule has 0 unspecified atom stereocenters. The van der Waals surface area contributed by atoms with Gasteiger partial charge < -0.3 is 15.2 Å². The summed E-state index contributed by atoms with van der Waals surface area (Å²) in [6.07, 6.45) is 2.54. The Morgan fingerprint density at radius 2 is 2.04 bits per heavy atom. The molecule has 25 heavy (non-hydrogen) atoms. The van der Waals surface area contributed by atoms with Crippen molar-refractivity contribution >= 4 is 27.7 Å². The Balaban J connectivity index is 1.71. The van der Waals surface area contributed by atoms with Gasteiger partial charge in [-0.1, -0.05) is 6.92 Å². The fraction of sp³-hybridized carbons (Fsp3) is 0.786. The zero-order chi connectivity index (χ0) is 18.1. The molecular formula is C14H27N7O2S2. The van der Waals surface area contributed by atoms with E-state index in [1.54, 1.807) is 29.4 Å². The van der Waals surface area contributed by atoms with Gasteiger partial charge in [0.25, 0.3) is 0 Å². The van der Waals surface area contributed by atoms with E-state index in [4.69, 9.17) is 0 Å². The lowest BCUT2D eigenvalue weighted by Gasteiger charge is -2.25. The van der Waals surface area contributed by atoms with E-state index in [2.05, 4.69) is 25.8 Å². The number of thioether (sulfide) groups is 1. The van der Waals surface area contributed by atoms with Gasteiger partial charge in [-0.3, -0.25) is 4.99 Å². The summed E-state index contributed by atoms with van der Waals surface area (Å²) in [5.41, 5.74) is 0. The highest BCUT2D eigenvalue weighted by Gasteiger charge is 2.23. The van der Waals surface area contributed by atoms with Gasteiger partial charge in [0.1, 0.15) is 12.2 Å². The van der Waals surface area contributed by atoms with Crippen molar-refractivity contribution in [1.82, 2.24) is 29.7 Å². The fourth-order valence-electron chi connectivity index (χ4n) is 2.51. The lowest BCUT2D eigenvalue weighted by atomic mass is 10.4. The number of aliphatic imine (C=N–C) groups is 1. The maximum Gasteiger partial charge on any atom is 0.215 e. The average molecular weight is 390 g/mol. The largest absolute Gasteiger partial charge is 0.355 e. The van der Waals surface area contributed by atoms with E-state index < -0.39 is 10.0 Å². The van der Waals surface area contributed by atoms with Gasteiger partial charge >= 0.3 is 0 Å². The molecule has 2 N–H and O–H groups in total. The van der Waals surface area contributed by atoms with Crippen LogP contribution in [-0.4, -0.2) is 83.9 Å². The van der Waals surface area contributed by atoms with Crippen LogP contribution in [0.2, 0.25) is 0 Å². The molecule has 2 rings (SSSR count). The van der Waals surface area contributed by atoms with Gasteiger partial charge in [0.05, 0.1) is 5.75 Å². The highest BCUT2D eigenvalue weighted by atomic mass is 32.2. The van der Waals surface area contributed by atoms with Crippen LogP contribution in [0.15, 0.2) is 11.3 Å². The number of hydrogen-bond donors (Lipinski definition) is 2. The number of aryl methyl sites for hydroxylation is 1. The molecule has 1 saturated heterocycles. The van der Waals surface area contributed by atoms with Crippen molar-refractivity contribution in [1.29, 1.82) is 0 Å². The van der Waals surface area contributed by atoms with Gasteiger partial charge in [0.2, 0.25) is 10.0 Å². The van der Waals surface area contributed by atoms with Gasteiger partial charge in [-0.15, -0.1) is 10.2 Å². The molecule has 0 amide bonds. The van der Waals surface area contributed by atoms with Crippen molar-refractivity contribution in [2.75, 3.05) is 50.5 Å². The predicted octanol–water partition coefficient (Wildman–Crippen LogP) is -0.616. The van der Waals surface area contributed by atoms with Crippen molar-refractivity contribution < 1.29 is 8.42 Å². The maximum absolute atomic E-state index is 12.3. The smallest absolute Gasteiger partial charge is 0.215 e. The SMILES string of the molecule is CCc1nncn1CCNC(=NC)NCCS(=O)(=O)N1CCSCC1. The number of nitrogens with one attached hydrogen (secondary N) is 2. The molecule has 2 heterocycles. The third kappa shape index (κ3) is 6.15. The molecule has 0 spiro atoms. The van der Waals surface area contributed by atoms with E-state index in [0.717, 1.165) is 30.3 Å². The number of sulfonamides is 1. The summed E-state index contributed by atoms with van der Waals surface area (Å²) in [6, 6.07) is 0. The summed E-state index contributed by atoms with van der Waals surface area (Å²) in [7, 11) is -1.53. The van der Waals surface area contributed by atoms with Crippen molar-refractivity contribution in [2.24, 2.45) is 4.99 Å². The molecule has 11 heteroatoms. The quantitative estimate of drug-likeness (QED) is 0.451. The minimum atomic E-state index is -3.20. The average Bonchev–Trinajstić information content (AvgIpc) is 3.08. The topological polar surface area (TPSA) is 105 Å². The highest BCUT2D eigenvalue weighted by molar-refractivity contribution is 7.99. The molecule has 0 atom stereocenters. The summed E-state index contributed by atoms with van der Waals surface area (Å²) in [5, 5.41) is 14.2. The first-order valence-electron chi connectivity index (χ1n) is 8.43. The van der Waals surface area contributed by atoms with Crippen LogP contribution >= 0.6 is 11.8 Å². The maximum atomic E-state index is 12.3. The van der Waals surface area contributed by atoms with E-state index in [-0.39, 0.29) is 5.75 Å². The normalized spacial score (nSPS) is 16.8. The van der Waals surface area contributed by atoms with Gasteiger partial charge in [-0.05, 0) is 0 Å². The Hall–Kier alpha value is -1.33. The van der Waals surface area contributed by atoms with Crippen LogP contribution in [-0.2, 0) is 23.0 Å². The molecule has 0 aliphatic carbocycles. The molecule has 1 aromatic rings. The van der Waals surface area contributed by atoms with E-state index in [9.17, 15) is 8.42 Å². The zero-order valence-corrected chi connectivity index (χ0v) is 16.4. The molecular weight excluding hydrogens is 362 g/mol. The molecule has 9 nitrogen and oxygen atoms in total. The Labute approximate surface area is 153 Å². The summed E-state index contributed by atoms with van der Waals surface area (Å²) in [6.45, 7) is 4.97. The summed E-state index contributed by atoms with van der Waals surface area (Å²) < 4.78 is 28.2. The number of nitrogens with zero attached hydrogens (tertiary/aromatic N) is 5. The molecule has 1 aromatic heterocycles. The molecule has 1 aliphatic heterocycles. The summed E-state index contributed by atoms with van der Waals surface area (Å²) in [4.78, 5) is 4.12. The lowest BCUT2D eigenvalue weighted by Crippen LogP contribution is -2.44. The summed E-state index contributed by atoms with van der Waals surface area (Å²) in [5.74, 6) is 3.35. The second-order valence-electron chi connectivity index (χ2n) is 5.55. The van der Waals surface area contributed by atoms with Crippen LogP contribution in [0.5, 0.6) is 0 Å². The van der Waals surface area contributed by atoms with Gasteiger partial charge in [-0.2, -0.15) is 11.8 Å². The Bertz CT molecular complexity index is 654. The third-order valence-electron chi connectivity index (χ3n) is 3.90. The lowest BCUT2D eigenvalue weighted by molar-refractivity contribution is 0.443. The third-order valence-corrected chi connectivity index (χ3v) is 6.71. The van der Waals surface area contributed by atoms with Gasteiger partial charge in [0.15, 0.2) is 5.96 Å². The number of hydrogen-bond acceptors (Lipinski definition) is 6. The highest BCUT2D eigenvalue weighted by Crippen LogP contribution is 2.12. The fourth-order valence-corrected chi connectivity index (χ4v) is 5.00. The number of aromatic nitrogens is 3. The van der Waals surface area contributed by atoms with E-state index in [0.29, 0.717) is 32.1 Å². The van der Waals surface area contributed by atoms with Crippen molar-refractivity contribution in [3.63, 3.8) is 0 Å². The first-order valence-corrected chi connectivity index (χ1v) is 11.2. The standard InChI is InChI=1S/C14H27N7O2S2/c1-3-13-19-18-12-20(13)6-4-16-14(15-2)17-5-11-25(22,23)21-7-9-24-10-8-21/h12H,3-11H2,1-2H3,(H2,15,16,17). The molecule has 0 saturated carbocycles. The molecule has 142 valence electrons. The van der Waals surface area contributed by atoms with E-state index in [1.165, 1.54) is 0 Å². The van der Waals surface area contributed by atoms with Crippen LogP contribution in [0.25, 0.3) is 0 Å². The molecule has 0 aromatic carbocycles. The molecule has 1 aliphatic rings. The molecule has 0 bridgehead atoms. The Kier molecular flexibility index (Phi) is 7.97. The zero-order valence-electron chi connectivity index (χ0n) is 14.8. The van der Waals surface area contributed by atoms with Gasteiger partial charge in [0, 0.05) is 57.7 Å². The van der Waals surface area contributed by atoms with Crippen LogP contribution in [0.1, 0.15) is 12.7 Å². The first-order chi connectivity index (χ1) is 12.1. The van der Waals surface area contributed by atoms with E-state index in [1.807, 2.05) is 11.5 Å². The Morgan fingerprint density at radius 1 is 1.32 bits per heavy atom. The van der Waals surface area contributed by atoms with Crippen LogP contribution in [0, 0.1) is 0 Å². The first kappa shape index (κ1) is 20.0.